The lowest BCUT2D eigenvalue weighted by molar-refractivity contribution is -0.129. The predicted molar refractivity (Wildman–Crippen MR) is 101 cm³/mol. The van der Waals surface area contributed by atoms with Crippen LogP contribution < -0.4 is 5.56 Å². The first-order valence-electron chi connectivity index (χ1n) is 8.98. The number of aromatic amines is 1. The topological polar surface area (TPSA) is 110 Å². The summed E-state index contributed by atoms with van der Waals surface area (Å²) in [6.07, 6.45) is 7.79. The second-order valence-corrected chi connectivity index (χ2v) is 6.36. The number of rotatable bonds is 2. The lowest BCUT2D eigenvalue weighted by Gasteiger charge is -2.12. The van der Waals surface area contributed by atoms with Crippen molar-refractivity contribution in [3.63, 3.8) is 0 Å². The van der Waals surface area contributed by atoms with E-state index in [1.54, 1.807) is 24.0 Å². The Bertz CT molecular complexity index is 985. The number of likely N-dealkylation sites (tertiary alicyclic amines) is 1. The Morgan fingerprint density at radius 2 is 1.85 bits per heavy atom. The number of hydrogen-bond acceptors (Lipinski definition) is 6. The van der Waals surface area contributed by atoms with E-state index in [1.807, 2.05) is 18.7 Å². The van der Waals surface area contributed by atoms with Crippen LogP contribution in [-0.4, -0.2) is 53.4 Å². The van der Waals surface area contributed by atoms with Gasteiger partial charge in [-0.1, -0.05) is 6.92 Å². The highest BCUT2D eigenvalue weighted by atomic mass is 16.2. The molecule has 0 spiro atoms. The molecule has 1 fully saturated rings. The van der Waals surface area contributed by atoms with E-state index in [4.69, 9.17) is 0 Å². The molecule has 0 unspecified atom stereocenters. The average molecular weight is 369 g/mol. The Morgan fingerprint density at radius 1 is 1.19 bits per heavy atom. The second-order valence-electron chi connectivity index (χ2n) is 6.36. The maximum atomic E-state index is 11.6. The van der Waals surface area contributed by atoms with Crippen molar-refractivity contribution < 1.29 is 4.79 Å². The van der Waals surface area contributed by atoms with Crippen molar-refractivity contribution in [3.05, 3.63) is 34.9 Å². The van der Waals surface area contributed by atoms with Crippen molar-refractivity contribution in [3.8, 4) is 11.4 Å². The Balaban J connectivity index is 0.000000197. The molecule has 0 radical (unpaired) electrons. The number of aromatic nitrogens is 6. The SMILES string of the molecule is CCC(=O)N1CCCC1.Cc1ncc(-c2nc3c(=O)[nH]cnc3n2C)cn1. The third-order valence-electron chi connectivity index (χ3n) is 4.46. The van der Waals surface area contributed by atoms with Crippen molar-refractivity contribution in [2.24, 2.45) is 7.05 Å². The van der Waals surface area contributed by atoms with Crippen molar-refractivity contribution in [2.75, 3.05) is 13.1 Å². The maximum absolute atomic E-state index is 11.6. The normalized spacial score (nSPS) is 13.5. The van der Waals surface area contributed by atoms with Gasteiger partial charge in [-0.05, 0) is 19.8 Å². The highest BCUT2D eigenvalue weighted by Crippen LogP contribution is 2.18. The number of fused-ring (bicyclic) bond motifs is 1. The number of imidazole rings is 1. The third-order valence-corrected chi connectivity index (χ3v) is 4.46. The molecule has 1 aliphatic heterocycles. The molecule has 1 N–H and O–H groups in total. The van der Waals surface area contributed by atoms with E-state index in [-0.39, 0.29) is 5.56 Å². The van der Waals surface area contributed by atoms with Crippen LogP contribution in [0, 0.1) is 6.92 Å². The largest absolute Gasteiger partial charge is 0.343 e. The molecule has 3 aromatic rings. The summed E-state index contributed by atoms with van der Waals surface area (Å²) in [5.41, 5.74) is 1.35. The number of H-pyrrole nitrogens is 1. The molecule has 9 heteroatoms. The van der Waals surface area contributed by atoms with E-state index in [2.05, 4.69) is 24.9 Å². The number of aryl methyl sites for hydroxylation is 2. The van der Waals surface area contributed by atoms with Gasteiger partial charge in [0.2, 0.25) is 5.91 Å². The van der Waals surface area contributed by atoms with Crippen LogP contribution in [0.1, 0.15) is 32.0 Å². The number of carbonyl (C=O) groups is 1. The van der Waals surface area contributed by atoms with Crippen LogP contribution >= 0.6 is 0 Å². The minimum absolute atomic E-state index is 0.255. The molecule has 0 aromatic carbocycles. The van der Waals surface area contributed by atoms with E-state index in [0.29, 0.717) is 35.1 Å². The lowest BCUT2D eigenvalue weighted by Crippen LogP contribution is -2.26. The zero-order valence-corrected chi connectivity index (χ0v) is 15.8. The fourth-order valence-electron chi connectivity index (χ4n) is 2.97. The van der Waals surface area contributed by atoms with Gasteiger partial charge >= 0.3 is 0 Å². The zero-order valence-electron chi connectivity index (χ0n) is 15.8. The Labute approximate surface area is 156 Å². The lowest BCUT2D eigenvalue weighted by atomic mass is 10.3. The molecule has 3 aromatic heterocycles. The van der Waals surface area contributed by atoms with E-state index in [0.717, 1.165) is 18.7 Å². The van der Waals surface area contributed by atoms with Crippen LogP contribution in [0.5, 0.6) is 0 Å². The minimum atomic E-state index is -0.255. The summed E-state index contributed by atoms with van der Waals surface area (Å²) in [5.74, 6) is 1.62. The maximum Gasteiger partial charge on any atom is 0.278 e. The molecular weight excluding hydrogens is 346 g/mol. The van der Waals surface area contributed by atoms with Gasteiger partial charge in [0.25, 0.3) is 5.56 Å². The number of nitrogens with one attached hydrogen (secondary N) is 1. The van der Waals surface area contributed by atoms with Gasteiger partial charge < -0.3 is 14.5 Å². The summed E-state index contributed by atoms with van der Waals surface area (Å²) >= 11 is 0. The Morgan fingerprint density at radius 3 is 2.44 bits per heavy atom. The van der Waals surface area contributed by atoms with Gasteiger partial charge in [-0.2, -0.15) is 0 Å². The van der Waals surface area contributed by atoms with E-state index < -0.39 is 0 Å². The van der Waals surface area contributed by atoms with Gasteiger partial charge in [0.1, 0.15) is 11.6 Å². The predicted octanol–water partition coefficient (Wildman–Crippen LogP) is 1.44. The third kappa shape index (κ3) is 4.02. The monoisotopic (exact) mass is 369 g/mol. The first-order chi connectivity index (χ1) is 13.0. The van der Waals surface area contributed by atoms with Gasteiger partial charge in [0, 0.05) is 39.0 Å². The summed E-state index contributed by atoms with van der Waals surface area (Å²) in [6.45, 7) is 5.71. The summed E-state index contributed by atoms with van der Waals surface area (Å²) in [7, 11) is 1.80. The van der Waals surface area contributed by atoms with E-state index in [9.17, 15) is 9.59 Å². The summed E-state index contributed by atoms with van der Waals surface area (Å²) < 4.78 is 1.75. The smallest absolute Gasteiger partial charge is 0.278 e. The van der Waals surface area contributed by atoms with Crippen LogP contribution in [0.25, 0.3) is 22.6 Å². The summed E-state index contributed by atoms with van der Waals surface area (Å²) in [5, 5.41) is 0. The Kier molecular flexibility index (Phi) is 5.58. The van der Waals surface area contributed by atoms with Crippen molar-refractivity contribution >= 4 is 17.1 Å². The van der Waals surface area contributed by atoms with Gasteiger partial charge in [0.05, 0.1) is 11.9 Å². The van der Waals surface area contributed by atoms with Crippen LogP contribution in [0.2, 0.25) is 0 Å². The number of hydrogen-bond donors (Lipinski definition) is 1. The Hall–Kier alpha value is -3.10. The molecule has 1 aliphatic rings. The number of nitrogens with zero attached hydrogens (tertiary/aromatic N) is 6. The van der Waals surface area contributed by atoms with Crippen molar-refractivity contribution in [2.45, 2.75) is 33.1 Å². The standard InChI is InChI=1S/C11H10N6O.C7H13NO/c1-6-12-3-7(4-13-6)9-16-8-10(17(9)2)14-5-15-11(8)18;1-2-7(9)8-5-3-4-6-8/h3-5H,1-2H3,(H,14,15,18);2-6H2,1H3. The van der Waals surface area contributed by atoms with Gasteiger partial charge in [0.15, 0.2) is 11.2 Å². The van der Waals surface area contributed by atoms with Crippen molar-refractivity contribution in [1.29, 1.82) is 0 Å². The first-order valence-corrected chi connectivity index (χ1v) is 8.98. The number of amides is 1. The molecule has 1 amide bonds. The minimum Gasteiger partial charge on any atom is -0.343 e. The van der Waals surface area contributed by atoms with Crippen molar-refractivity contribution in [1.82, 2.24) is 34.4 Å². The van der Waals surface area contributed by atoms with Crippen LogP contribution in [0.4, 0.5) is 0 Å². The van der Waals surface area contributed by atoms with Crippen LogP contribution in [-0.2, 0) is 11.8 Å². The average Bonchev–Trinajstić information content (AvgIpc) is 3.32. The van der Waals surface area contributed by atoms with E-state index in [1.165, 1.54) is 19.2 Å². The zero-order chi connectivity index (χ0) is 19.4. The molecule has 1 saturated heterocycles. The summed E-state index contributed by atoms with van der Waals surface area (Å²) in [6, 6.07) is 0. The molecule has 0 bridgehead atoms. The van der Waals surface area contributed by atoms with Gasteiger partial charge in [-0.3, -0.25) is 9.59 Å². The second kappa shape index (κ2) is 8.07. The fraction of sp³-hybridized carbons (Fsp3) is 0.444. The fourth-order valence-corrected chi connectivity index (χ4v) is 2.97. The van der Waals surface area contributed by atoms with Crippen LogP contribution in [0.15, 0.2) is 23.5 Å². The molecule has 0 atom stereocenters. The molecule has 9 nitrogen and oxygen atoms in total. The number of carbonyl (C=O) groups excluding carboxylic acids is 1. The van der Waals surface area contributed by atoms with E-state index >= 15 is 0 Å². The highest BCUT2D eigenvalue weighted by molar-refractivity contribution is 5.76. The molecule has 142 valence electrons. The van der Waals surface area contributed by atoms with Gasteiger partial charge in [-0.15, -0.1) is 0 Å². The molecule has 4 rings (SSSR count). The molecule has 0 aliphatic carbocycles. The first kappa shape index (κ1) is 18.7. The molecule has 0 saturated carbocycles. The molecular formula is C18H23N7O2. The van der Waals surface area contributed by atoms with Gasteiger partial charge in [-0.25, -0.2) is 19.9 Å². The highest BCUT2D eigenvalue weighted by Gasteiger charge is 2.15. The molecule has 4 heterocycles. The van der Waals surface area contributed by atoms with Crippen LogP contribution in [0.3, 0.4) is 0 Å². The summed E-state index contributed by atoms with van der Waals surface area (Å²) in [4.78, 5) is 43.6. The quantitative estimate of drug-likeness (QED) is 0.732. The molecule has 27 heavy (non-hydrogen) atoms.